The fourth-order valence-corrected chi connectivity index (χ4v) is 3.81. The molecule has 0 spiro atoms. The van der Waals surface area contributed by atoms with Crippen LogP contribution in [0.4, 0.5) is 11.4 Å². The molecule has 0 atom stereocenters. The Bertz CT molecular complexity index is 1140. The number of carbonyl (C=O) groups is 2. The Morgan fingerprint density at radius 3 is 2.28 bits per heavy atom. The smallest absolute Gasteiger partial charge is 0.270 e. The Morgan fingerprint density at radius 2 is 1.62 bits per heavy atom. The number of nitro groups is 1. The van der Waals surface area contributed by atoms with E-state index in [9.17, 15) is 19.7 Å². The third-order valence-corrected chi connectivity index (χ3v) is 5.49. The molecule has 3 rings (SSSR count). The predicted octanol–water partition coefficient (Wildman–Crippen LogP) is 4.84. The van der Waals surface area contributed by atoms with Crippen molar-refractivity contribution in [3.63, 3.8) is 0 Å². The lowest BCUT2D eigenvalue weighted by molar-refractivity contribution is -0.384. The van der Waals surface area contributed by atoms with Gasteiger partial charge in [-0.15, -0.1) is 11.8 Å². The number of ether oxygens (including phenoxy) is 2. The summed E-state index contributed by atoms with van der Waals surface area (Å²) >= 11 is 1.27. The second kappa shape index (κ2) is 10.5. The number of nitro benzene ring substituents is 1. The van der Waals surface area contributed by atoms with Gasteiger partial charge in [0.2, 0.25) is 0 Å². The summed E-state index contributed by atoms with van der Waals surface area (Å²) in [5, 5.41) is 13.7. The number of methoxy groups -OCH3 is 2. The van der Waals surface area contributed by atoms with Crippen molar-refractivity contribution < 1.29 is 24.0 Å². The summed E-state index contributed by atoms with van der Waals surface area (Å²) in [5.74, 6) is 0.240. The van der Waals surface area contributed by atoms with Crippen LogP contribution in [0.5, 0.6) is 11.5 Å². The van der Waals surface area contributed by atoms with Crippen LogP contribution in [0.1, 0.15) is 20.7 Å². The maximum atomic E-state index is 12.8. The molecule has 1 amide bonds. The number of hydrogen-bond acceptors (Lipinski definition) is 7. The molecular weight excluding hydrogens is 432 g/mol. The van der Waals surface area contributed by atoms with Gasteiger partial charge in [-0.25, -0.2) is 0 Å². The Hall–Kier alpha value is -3.85. The second-order valence-electron chi connectivity index (χ2n) is 6.54. The van der Waals surface area contributed by atoms with Gasteiger partial charge in [0, 0.05) is 28.3 Å². The molecule has 0 aliphatic heterocycles. The standard InChI is InChI=1S/C23H20N2O6S/c1-30-20-10-5-11-21(31-2)22(20)23(27)24-16-7-4-9-18(13-16)32-14-19(26)15-6-3-8-17(12-15)25(28)29/h3-13H,14H2,1-2H3,(H,24,27). The Kier molecular flexibility index (Phi) is 7.45. The molecule has 0 heterocycles. The number of amides is 1. The number of Topliss-reactive ketones (excluding diaryl/α,β-unsaturated/α-hetero) is 1. The van der Waals surface area contributed by atoms with Gasteiger partial charge in [-0.2, -0.15) is 0 Å². The summed E-state index contributed by atoms with van der Waals surface area (Å²) in [7, 11) is 2.95. The third kappa shape index (κ3) is 5.44. The molecule has 8 nitrogen and oxygen atoms in total. The Labute approximate surface area is 188 Å². The van der Waals surface area contributed by atoms with E-state index in [4.69, 9.17) is 9.47 Å². The molecule has 0 aromatic heterocycles. The fraction of sp³-hybridized carbons (Fsp3) is 0.130. The highest BCUT2D eigenvalue weighted by molar-refractivity contribution is 8.00. The lowest BCUT2D eigenvalue weighted by Gasteiger charge is -2.13. The number of anilines is 1. The lowest BCUT2D eigenvalue weighted by Crippen LogP contribution is -2.14. The van der Waals surface area contributed by atoms with Gasteiger partial charge < -0.3 is 14.8 Å². The van der Waals surface area contributed by atoms with Gasteiger partial charge in [-0.05, 0) is 30.3 Å². The molecule has 1 N–H and O–H groups in total. The van der Waals surface area contributed by atoms with E-state index in [0.29, 0.717) is 17.2 Å². The van der Waals surface area contributed by atoms with E-state index in [-0.39, 0.29) is 28.4 Å². The molecule has 3 aromatic rings. The van der Waals surface area contributed by atoms with Gasteiger partial charge >= 0.3 is 0 Å². The molecule has 0 saturated heterocycles. The van der Waals surface area contributed by atoms with Crippen molar-refractivity contribution in [3.8, 4) is 11.5 Å². The minimum Gasteiger partial charge on any atom is -0.496 e. The first-order valence-electron chi connectivity index (χ1n) is 9.45. The number of nitrogens with one attached hydrogen (secondary N) is 1. The van der Waals surface area contributed by atoms with E-state index in [1.807, 2.05) is 6.07 Å². The van der Waals surface area contributed by atoms with Gasteiger partial charge in [0.15, 0.2) is 5.78 Å². The van der Waals surface area contributed by atoms with Crippen molar-refractivity contribution in [2.75, 3.05) is 25.3 Å². The summed E-state index contributed by atoms with van der Waals surface area (Å²) in [5.41, 5.74) is 0.962. The van der Waals surface area contributed by atoms with Crippen LogP contribution >= 0.6 is 11.8 Å². The SMILES string of the molecule is COc1cccc(OC)c1C(=O)Nc1cccc(SCC(=O)c2cccc([N+](=O)[O-])c2)c1. The third-order valence-electron chi connectivity index (χ3n) is 4.50. The van der Waals surface area contributed by atoms with Crippen LogP contribution < -0.4 is 14.8 Å². The average Bonchev–Trinajstić information content (AvgIpc) is 2.82. The molecule has 3 aromatic carbocycles. The summed E-state index contributed by atoms with van der Waals surface area (Å²) in [6, 6.07) is 17.7. The first kappa shape index (κ1) is 22.8. The van der Waals surface area contributed by atoms with Crippen molar-refractivity contribution >= 4 is 34.8 Å². The van der Waals surface area contributed by atoms with E-state index < -0.39 is 10.8 Å². The van der Waals surface area contributed by atoms with Crippen molar-refractivity contribution in [1.82, 2.24) is 0 Å². The van der Waals surface area contributed by atoms with Gasteiger partial charge in [-0.3, -0.25) is 19.7 Å². The maximum absolute atomic E-state index is 12.8. The monoisotopic (exact) mass is 452 g/mol. The zero-order chi connectivity index (χ0) is 23.1. The van der Waals surface area contributed by atoms with E-state index in [0.717, 1.165) is 4.90 Å². The molecular formula is C23H20N2O6S. The molecule has 0 aliphatic carbocycles. The number of hydrogen-bond donors (Lipinski definition) is 1. The van der Waals surface area contributed by atoms with Crippen LogP contribution in [0.3, 0.4) is 0 Å². The summed E-state index contributed by atoms with van der Waals surface area (Å²) in [6.45, 7) is 0. The maximum Gasteiger partial charge on any atom is 0.270 e. The highest BCUT2D eigenvalue weighted by Crippen LogP contribution is 2.30. The minimum absolute atomic E-state index is 0.0961. The van der Waals surface area contributed by atoms with Gasteiger partial charge in [0.25, 0.3) is 11.6 Å². The zero-order valence-corrected chi connectivity index (χ0v) is 18.2. The first-order valence-corrected chi connectivity index (χ1v) is 10.4. The fourth-order valence-electron chi connectivity index (χ4n) is 2.96. The number of ketones is 1. The molecule has 0 aliphatic rings. The lowest BCUT2D eigenvalue weighted by atomic mass is 10.1. The first-order chi connectivity index (χ1) is 15.4. The van der Waals surface area contributed by atoms with E-state index in [1.165, 1.54) is 44.2 Å². The number of rotatable bonds is 9. The van der Waals surface area contributed by atoms with Crippen molar-refractivity contribution in [1.29, 1.82) is 0 Å². The normalized spacial score (nSPS) is 10.3. The molecule has 9 heteroatoms. The number of nitrogens with zero attached hydrogens (tertiary/aromatic N) is 1. The quantitative estimate of drug-likeness (QED) is 0.214. The van der Waals surface area contributed by atoms with Gasteiger partial charge in [-0.1, -0.05) is 24.3 Å². The molecule has 0 saturated carbocycles. The number of thioether (sulfide) groups is 1. The highest BCUT2D eigenvalue weighted by atomic mass is 32.2. The van der Waals surface area contributed by atoms with Crippen LogP contribution in [0.15, 0.2) is 71.6 Å². The summed E-state index contributed by atoms with van der Waals surface area (Å²) in [6.07, 6.45) is 0. The Morgan fingerprint density at radius 1 is 0.969 bits per heavy atom. The van der Waals surface area contributed by atoms with E-state index in [2.05, 4.69) is 5.32 Å². The summed E-state index contributed by atoms with van der Waals surface area (Å²) < 4.78 is 10.6. The second-order valence-corrected chi connectivity index (χ2v) is 7.59. The molecule has 0 radical (unpaired) electrons. The van der Waals surface area contributed by atoms with Crippen LogP contribution in [0, 0.1) is 10.1 Å². The largest absolute Gasteiger partial charge is 0.496 e. The summed E-state index contributed by atoms with van der Waals surface area (Å²) in [4.78, 5) is 36.4. The van der Waals surface area contributed by atoms with Crippen LogP contribution in [0.25, 0.3) is 0 Å². The number of non-ortho nitro benzene ring substituents is 1. The van der Waals surface area contributed by atoms with Crippen molar-refractivity contribution in [3.05, 3.63) is 88.0 Å². The van der Waals surface area contributed by atoms with Crippen molar-refractivity contribution in [2.24, 2.45) is 0 Å². The predicted molar refractivity (Wildman–Crippen MR) is 122 cm³/mol. The van der Waals surface area contributed by atoms with Crippen LogP contribution in [-0.2, 0) is 0 Å². The minimum atomic E-state index is -0.535. The topological polar surface area (TPSA) is 108 Å². The molecule has 0 unspecified atom stereocenters. The molecule has 164 valence electrons. The number of carbonyl (C=O) groups excluding carboxylic acids is 2. The number of benzene rings is 3. The molecule has 32 heavy (non-hydrogen) atoms. The van der Waals surface area contributed by atoms with E-state index in [1.54, 1.807) is 42.5 Å². The van der Waals surface area contributed by atoms with Gasteiger partial charge in [0.05, 0.1) is 24.9 Å². The average molecular weight is 452 g/mol. The highest BCUT2D eigenvalue weighted by Gasteiger charge is 2.18. The van der Waals surface area contributed by atoms with E-state index >= 15 is 0 Å². The molecule has 0 bridgehead atoms. The molecule has 0 fully saturated rings. The Balaban J connectivity index is 1.70. The van der Waals surface area contributed by atoms with Crippen LogP contribution in [0.2, 0.25) is 0 Å². The van der Waals surface area contributed by atoms with Gasteiger partial charge in [0.1, 0.15) is 17.1 Å². The van der Waals surface area contributed by atoms with Crippen LogP contribution in [-0.4, -0.2) is 36.6 Å². The zero-order valence-electron chi connectivity index (χ0n) is 17.4. The van der Waals surface area contributed by atoms with Crippen molar-refractivity contribution in [2.45, 2.75) is 4.90 Å².